The minimum absolute atomic E-state index is 0.0200. The molecule has 3 aromatic rings. The second-order valence-electron chi connectivity index (χ2n) is 5.25. The maximum Gasteiger partial charge on any atom is 0.335 e. The van der Waals surface area contributed by atoms with Gasteiger partial charge in [0.15, 0.2) is 5.82 Å². The first-order valence-corrected chi connectivity index (χ1v) is 7.28. The van der Waals surface area contributed by atoms with E-state index in [1.807, 2.05) is 0 Å². The highest BCUT2D eigenvalue weighted by Gasteiger charge is 2.13. The van der Waals surface area contributed by atoms with Gasteiger partial charge < -0.3 is 16.2 Å². The number of anilines is 1. The molecule has 0 fully saturated rings. The molecule has 0 saturated heterocycles. The molecule has 2 aromatic carbocycles. The SMILES string of the molecule is NC(=O)c1cc(NC(=O)c2ccc(-c3nnn[nH]3)cc2)cc(C(=O)O)c1. The van der Waals surface area contributed by atoms with Crippen molar-refractivity contribution < 1.29 is 19.5 Å². The van der Waals surface area contributed by atoms with Gasteiger partial charge in [-0.3, -0.25) is 9.59 Å². The van der Waals surface area contributed by atoms with Gasteiger partial charge in [0, 0.05) is 22.4 Å². The molecule has 5 N–H and O–H groups in total. The van der Waals surface area contributed by atoms with Gasteiger partial charge in [-0.15, -0.1) is 5.10 Å². The fraction of sp³-hybridized carbons (Fsp3) is 0. The summed E-state index contributed by atoms with van der Waals surface area (Å²) in [5, 5.41) is 25.0. The third kappa shape index (κ3) is 3.53. The van der Waals surface area contributed by atoms with Crippen molar-refractivity contribution in [1.29, 1.82) is 0 Å². The molecule has 0 aliphatic rings. The van der Waals surface area contributed by atoms with E-state index in [2.05, 4.69) is 25.9 Å². The number of nitrogens with two attached hydrogens (primary N) is 1. The van der Waals surface area contributed by atoms with E-state index in [1.54, 1.807) is 24.3 Å². The molecule has 0 saturated carbocycles. The molecule has 3 rings (SSSR count). The lowest BCUT2D eigenvalue weighted by molar-refractivity contribution is 0.0696. The van der Waals surface area contributed by atoms with Crippen LogP contribution in [0, 0.1) is 0 Å². The lowest BCUT2D eigenvalue weighted by Gasteiger charge is -2.08. The number of hydrogen-bond acceptors (Lipinski definition) is 6. The average Bonchev–Trinajstić information content (AvgIpc) is 3.16. The van der Waals surface area contributed by atoms with Gasteiger partial charge in [0.25, 0.3) is 5.91 Å². The quantitative estimate of drug-likeness (QED) is 0.530. The lowest BCUT2D eigenvalue weighted by atomic mass is 10.1. The number of H-pyrrole nitrogens is 1. The van der Waals surface area contributed by atoms with E-state index < -0.39 is 17.8 Å². The summed E-state index contributed by atoms with van der Waals surface area (Å²) in [4.78, 5) is 34.8. The zero-order valence-electron chi connectivity index (χ0n) is 13.1. The van der Waals surface area contributed by atoms with Crippen molar-refractivity contribution in [3.63, 3.8) is 0 Å². The Balaban J connectivity index is 1.83. The standard InChI is InChI=1S/C16H12N6O4/c17-13(23)10-5-11(16(25)26)7-12(6-10)18-15(24)9-3-1-8(2-4-9)14-19-21-22-20-14/h1-7H,(H2,17,23)(H,18,24)(H,25,26)(H,19,20,21,22). The van der Waals surface area contributed by atoms with Crippen LogP contribution in [0.3, 0.4) is 0 Å². The molecule has 0 atom stereocenters. The fourth-order valence-electron chi connectivity index (χ4n) is 2.23. The van der Waals surface area contributed by atoms with Crippen molar-refractivity contribution in [1.82, 2.24) is 20.6 Å². The van der Waals surface area contributed by atoms with Crippen LogP contribution in [-0.2, 0) is 0 Å². The number of aromatic carboxylic acids is 1. The molecule has 0 spiro atoms. The number of primary amides is 1. The lowest BCUT2D eigenvalue weighted by Crippen LogP contribution is -2.16. The zero-order chi connectivity index (χ0) is 18.7. The number of carboxylic acid groups (broad SMARTS) is 1. The molecule has 10 heteroatoms. The molecule has 10 nitrogen and oxygen atoms in total. The Morgan fingerprint density at radius 2 is 1.69 bits per heavy atom. The normalized spacial score (nSPS) is 10.3. The highest BCUT2D eigenvalue weighted by atomic mass is 16.4. The number of carbonyl (C=O) groups is 3. The summed E-state index contributed by atoms with van der Waals surface area (Å²) in [7, 11) is 0. The van der Waals surface area contributed by atoms with E-state index in [-0.39, 0.29) is 16.8 Å². The average molecular weight is 352 g/mol. The van der Waals surface area contributed by atoms with Crippen molar-refractivity contribution in [2.75, 3.05) is 5.32 Å². The van der Waals surface area contributed by atoms with Crippen LogP contribution >= 0.6 is 0 Å². The Labute approximate surface area is 146 Å². The number of amides is 2. The van der Waals surface area contributed by atoms with Gasteiger partial charge in [-0.2, -0.15) is 0 Å². The number of aromatic nitrogens is 4. The second-order valence-corrected chi connectivity index (χ2v) is 5.25. The van der Waals surface area contributed by atoms with Crippen molar-refractivity contribution in [2.45, 2.75) is 0 Å². The van der Waals surface area contributed by atoms with Gasteiger partial charge in [0.2, 0.25) is 5.91 Å². The number of nitrogens with one attached hydrogen (secondary N) is 2. The van der Waals surface area contributed by atoms with Crippen LogP contribution in [-0.4, -0.2) is 43.5 Å². The number of nitrogens with zero attached hydrogens (tertiary/aromatic N) is 3. The van der Waals surface area contributed by atoms with Crippen molar-refractivity contribution in [3.8, 4) is 11.4 Å². The summed E-state index contributed by atoms with van der Waals surface area (Å²) < 4.78 is 0. The first-order chi connectivity index (χ1) is 12.4. The van der Waals surface area contributed by atoms with E-state index in [4.69, 9.17) is 10.8 Å². The Hall–Kier alpha value is -4.08. The van der Waals surface area contributed by atoms with Gasteiger partial charge in [-0.25, -0.2) is 9.89 Å². The monoisotopic (exact) mass is 352 g/mol. The summed E-state index contributed by atoms with van der Waals surface area (Å²) >= 11 is 0. The Bertz CT molecular complexity index is 950. The van der Waals surface area contributed by atoms with Gasteiger partial charge >= 0.3 is 5.97 Å². The molecule has 0 aliphatic heterocycles. The van der Waals surface area contributed by atoms with Gasteiger partial charge in [0.1, 0.15) is 0 Å². The predicted molar refractivity (Wildman–Crippen MR) is 89.5 cm³/mol. The molecule has 0 unspecified atom stereocenters. The number of carboxylic acids is 1. The highest BCUT2D eigenvalue weighted by molar-refractivity contribution is 6.06. The highest BCUT2D eigenvalue weighted by Crippen LogP contribution is 2.18. The van der Waals surface area contributed by atoms with Crippen LogP contribution in [0.1, 0.15) is 31.1 Å². The Morgan fingerprint density at radius 3 is 2.27 bits per heavy atom. The van der Waals surface area contributed by atoms with E-state index in [0.29, 0.717) is 17.0 Å². The number of carbonyl (C=O) groups excluding carboxylic acids is 2. The van der Waals surface area contributed by atoms with Gasteiger partial charge in [-0.05, 0) is 40.8 Å². The molecule has 26 heavy (non-hydrogen) atoms. The molecule has 0 bridgehead atoms. The molecule has 1 aromatic heterocycles. The van der Waals surface area contributed by atoms with Crippen LogP contribution in [0.2, 0.25) is 0 Å². The molecule has 2 amide bonds. The maximum atomic E-state index is 12.4. The van der Waals surface area contributed by atoms with E-state index in [1.165, 1.54) is 12.1 Å². The summed E-state index contributed by atoms with van der Waals surface area (Å²) in [5.74, 6) is -2.07. The summed E-state index contributed by atoms with van der Waals surface area (Å²) in [6.45, 7) is 0. The van der Waals surface area contributed by atoms with Crippen LogP contribution in [0.15, 0.2) is 42.5 Å². The van der Waals surface area contributed by atoms with Crippen molar-refractivity contribution in [3.05, 3.63) is 59.2 Å². The van der Waals surface area contributed by atoms with E-state index in [0.717, 1.165) is 6.07 Å². The predicted octanol–water partition coefficient (Wildman–Crippen LogP) is 0.916. The van der Waals surface area contributed by atoms with Gasteiger partial charge in [0.05, 0.1) is 5.56 Å². The van der Waals surface area contributed by atoms with Crippen LogP contribution < -0.4 is 11.1 Å². The summed E-state index contributed by atoms with van der Waals surface area (Å²) in [6, 6.07) is 10.1. The third-order valence-corrected chi connectivity index (χ3v) is 3.49. The first kappa shape index (κ1) is 16.8. The van der Waals surface area contributed by atoms with Crippen LogP contribution in [0.4, 0.5) is 5.69 Å². The van der Waals surface area contributed by atoms with E-state index in [9.17, 15) is 14.4 Å². The van der Waals surface area contributed by atoms with E-state index >= 15 is 0 Å². The fourth-order valence-corrected chi connectivity index (χ4v) is 2.23. The van der Waals surface area contributed by atoms with Gasteiger partial charge in [-0.1, -0.05) is 12.1 Å². The first-order valence-electron chi connectivity index (χ1n) is 7.28. The number of rotatable bonds is 5. The number of benzene rings is 2. The third-order valence-electron chi connectivity index (χ3n) is 3.49. The van der Waals surface area contributed by atoms with Crippen molar-refractivity contribution >= 4 is 23.5 Å². The maximum absolute atomic E-state index is 12.4. The Kier molecular flexibility index (Phi) is 4.39. The Morgan fingerprint density at radius 1 is 1.00 bits per heavy atom. The molecule has 130 valence electrons. The molecule has 1 heterocycles. The molecular weight excluding hydrogens is 340 g/mol. The number of aromatic amines is 1. The smallest absolute Gasteiger partial charge is 0.335 e. The molecule has 0 aliphatic carbocycles. The van der Waals surface area contributed by atoms with Crippen LogP contribution in [0.25, 0.3) is 11.4 Å². The number of hydrogen-bond donors (Lipinski definition) is 4. The minimum atomic E-state index is -1.24. The second kappa shape index (κ2) is 6.81. The summed E-state index contributed by atoms with van der Waals surface area (Å²) in [5.41, 5.74) is 6.17. The minimum Gasteiger partial charge on any atom is -0.478 e. The number of tetrazole rings is 1. The topological polar surface area (TPSA) is 164 Å². The van der Waals surface area contributed by atoms with Crippen LogP contribution in [0.5, 0.6) is 0 Å². The summed E-state index contributed by atoms with van der Waals surface area (Å²) in [6.07, 6.45) is 0. The van der Waals surface area contributed by atoms with Crippen molar-refractivity contribution in [2.24, 2.45) is 5.73 Å². The zero-order valence-corrected chi connectivity index (χ0v) is 13.1. The molecule has 0 radical (unpaired) electrons. The largest absolute Gasteiger partial charge is 0.478 e. The molecular formula is C16H12N6O4.